The van der Waals surface area contributed by atoms with E-state index in [4.69, 9.17) is 4.42 Å². The summed E-state index contributed by atoms with van der Waals surface area (Å²) in [7, 11) is 1.81. The Morgan fingerprint density at radius 1 is 1.15 bits per heavy atom. The van der Waals surface area contributed by atoms with Gasteiger partial charge in [-0.1, -0.05) is 29.8 Å². The second kappa shape index (κ2) is 10.7. The smallest absolute Gasteiger partial charge is 0.191 e. The van der Waals surface area contributed by atoms with Crippen molar-refractivity contribution in [3.8, 4) is 0 Å². The Morgan fingerprint density at radius 2 is 1.93 bits per heavy atom. The highest BCUT2D eigenvalue weighted by atomic mass is 127. The standard InChI is InChI=1S/C21H30N4O.HI/c1-16-7-6-8-18(13-16)14-23-21(22-3)24-15-19(25-11-4-5-12-25)20-10-9-17(2)26-20;/h6-10,13,19H,4-5,11-12,14-15H2,1-3H3,(H2,22,23,24);1H. The summed E-state index contributed by atoms with van der Waals surface area (Å²) >= 11 is 0. The number of guanidine groups is 1. The summed E-state index contributed by atoms with van der Waals surface area (Å²) in [5.74, 6) is 2.82. The van der Waals surface area contributed by atoms with Crippen molar-refractivity contribution >= 4 is 29.9 Å². The van der Waals surface area contributed by atoms with Crippen LogP contribution in [0.1, 0.15) is 41.5 Å². The van der Waals surface area contributed by atoms with Crippen LogP contribution in [-0.4, -0.2) is 37.5 Å². The minimum Gasteiger partial charge on any atom is -0.465 e. The SMILES string of the molecule is CN=C(NCc1cccc(C)c1)NCC(c1ccc(C)o1)N1CCCC1.I. The number of hydrogen-bond donors (Lipinski definition) is 2. The topological polar surface area (TPSA) is 52.8 Å². The van der Waals surface area contributed by atoms with E-state index in [0.717, 1.165) is 43.7 Å². The summed E-state index contributed by atoms with van der Waals surface area (Å²) in [5, 5.41) is 6.88. The molecule has 27 heavy (non-hydrogen) atoms. The molecule has 2 aromatic rings. The zero-order chi connectivity index (χ0) is 18.4. The molecule has 1 aromatic carbocycles. The summed E-state index contributed by atoms with van der Waals surface area (Å²) in [6.07, 6.45) is 2.52. The number of aryl methyl sites for hydroxylation is 2. The largest absolute Gasteiger partial charge is 0.465 e. The molecule has 2 heterocycles. The van der Waals surface area contributed by atoms with Crippen LogP contribution in [0, 0.1) is 13.8 Å². The van der Waals surface area contributed by atoms with Gasteiger partial charge in [0, 0.05) is 20.1 Å². The molecule has 0 spiro atoms. The lowest BCUT2D eigenvalue weighted by atomic mass is 10.1. The molecule has 0 bridgehead atoms. The fraction of sp³-hybridized carbons (Fsp3) is 0.476. The molecular formula is C21H31IN4O. The Bertz CT molecular complexity index is 737. The van der Waals surface area contributed by atoms with Crippen molar-refractivity contribution in [2.24, 2.45) is 4.99 Å². The van der Waals surface area contributed by atoms with Crippen molar-refractivity contribution in [2.45, 2.75) is 39.3 Å². The van der Waals surface area contributed by atoms with Crippen molar-refractivity contribution in [1.29, 1.82) is 0 Å². The van der Waals surface area contributed by atoms with E-state index >= 15 is 0 Å². The van der Waals surface area contributed by atoms with E-state index < -0.39 is 0 Å². The molecular weight excluding hydrogens is 451 g/mol. The molecule has 148 valence electrons. The minimum atomic E-state index is 0. The van der Waals surface area contributed by atoms with Crippen LogP contribution in [0.15, 0.2) is 45.8 Å². The van der Waals surface area contributed by atoms with E-state index in [2.05, 4.69) is 57.8 Å². The molecule has 6 heteroatoms. The number of rotatable bonds is 6. The fourth-order valence-electron chi connectivity index (χ4n) is 3.52. The Kier molecular flexibility index (Phi) is 8.63. The normalized spacial score (nSPS) is 16.0. The van der Waals surface area contributed by atoms with Crippen molar-refractivity contribution < 1.29 is 4.42 Å². The fourth-order valence-corrected chi connectivity index (χ4v) is 3.52. The highest BCUT2D eigenvalue weighted by Gasteiger charge is 2.26. The zero-order valence-electron chi connectivity index (χ0n) is 16.5. The predicted octanol–water partition coefficient (Wildman–Crippen LogP) is 4.02. The van der Waals surface area contributed by atoms with E-state index in [9.17, 15) is 0 Å². The van der Waals surface area contributed by atoms with Gasteiger partial charge in [0.05, 0.1) is 6.04 Å². The second-order valence-corrected chi connectivity index (χ2v) is 7.00. The molecule has 0 amide bonds. The van der Waals surface area contributed by atoms with Crippen molar-refractivity contribution in [3.63, 3.8) is 0 Å². The maximum atomic E-state index is 5.92. The maximum absolute atomic E-state index is 5.92. The molecule has 2 N–H and O–H groups in total. The van der Waals surface area contributed by atoms with Crippen LogP contribution in [-0.2, 0) is 6.54 Å². The van der Waals surface area contributed by atoms with Gasteiger partial charge in [0.2, 0.25) is 0 Å². The predicted molar refractivity (Wildman–Crippen MR) is 122 cm³/mol. The highest BCUT2D eigenvalue weighted by molar-refractivity contribution is 14.0. The highest BCUT2D eigenvalue weighted by Crippen LogP contribution is 2.26. The van der Waals surface area contributed by atoms with E-state index in [1.54, 1.807) is 0 Å². The number of likely N-dealkylation sites (tertiary alicyclic amines) is 1. The van der Waals surface area contributed by atoms with Gasteiger partial charge >= 0.3 is 0 Å². The first-order valence-electron chi connectivity index (χ1n) is 9.46. The van der Waals surface area contributed by atoms with Gasteiger partial charge in [-0.05, 0) is 57.5 Å². The summed E-state index contributed by atoms with van der Waals surface area (Å²) in [6.45, 7) is 7.90. The van der Waals surface area contributed by atoms with Crippen molar-refractivity contribution in [1.82, 2.24) is 15.5 Å². The molecule has 1 saturated heterocycles. The van der Waals surface area contributed by atoms with Gasteiger partial charge in [-0.25, -0.2) is 0 Å². The molecule has 1 aliphatic rings. The monoisotopic (exact) mass is 482 g/mol. The summed E-state index contributed by atoms with van der Waals surface area (Å²) in [4.78, 5) is 6.87. The molecule has 1 unspecified atom stereocenters. The number of benzene rings is 1. The lowest BCUT2D eigenvalue weighted by molar-refractivity contribution is 0.213. The minimum absolute atomic E-state index is 0. The quantitative estimate of drug-likeness (QED) is 0.371. The third kappa shape index (κ3) is 6.24. The van der Waals surface area contributed by atoms with Gasteiger partial charge in [-0.2, -0.15) is 0 Å². The third-order valence-corrected chi connectivity index (χ3v) is 4.90. The Balaban J connectivity index is 0.00000261. The Labute approximate surface area is 179 Å². The van der Waals surface area contributed by atoms with E-state index in [-0.39, 0.29) is 30.0 Å². The molecule has 3 rings (SSSR count). The van der Waals surface area contributed by atoms with Gasteiger partial charge in [0.25, 0.3) is 0 Å². The first-order chi connectivity index (χ1) is 12.7. The lowest BCUT2D eigenvalue weighted by Crippen LogP contribution is -2.42. The number of nitrogens with zero attached hydrogens (tertiary/aromatic N) is 2. The third-order valence-electron chi connectivity index (χ3n) is 4.90. The number of hydrogen-bond acceptors (Lipinski definition) is 3. The summed E-state index contributed by atoms with van der Waals surface area (Å²) < 4.78 is 5.92. The Morgan fingerprint density at radius 3 is 2.56 bits per heavy atom. The lowest BCUT2D eigenvalue weighted by Gasteiger charge is -2.26. The second-order valence-electron chi connectivity index (χ2n) is 7.00. The average Bonchev–Trinajstić information content (AvgIpc) is 3.30. The van der Waals surface area contributed by atoms with E-state index in [1.165, 1.54) is 24.0 Å². The first kappa shape index (κ1) is 21.8. The van der Waals surface area contributed by atoms with Crippen LogP contribution in [0.3, 0.4) is 0 Å². The van der Waals surface area contributed by atoms with Crippen LogP contribution in [0.25, 0.3) is 0 Å². The molecule has 5 nitrogen and oxygen atoms in total. The molecule has 1 aromatic heterocycles. The molecule has 0 saturated carbocycles. The van der Waals surface area contributed by atoms with Gasteiger partial charge < -0.3 is 15.1 Å². The molecule has 1 atom stereocenters. The molecule has 1 aliphatic heterocycles. The van der Waals surface area contributed by atoms with Crippen molar-refractivity contribution in [3.05, 3.63) is 59.0 Å². The van der Waals surface area contributed by atoms with E-state index in [0.29, 0.717) is 0 Å². The van der Waals surface area contributed by atoms with Crippen LogP contribution in [0.5, 0.6) is 0 Å². The first-order valence-corrected chi connectivity index (χ1v) is 9.46. The van der Waals surface area contributed by atoms with Crippen LogP contribution in [0.4, 0.5) is 0 Å². The van der Waals surface area contributed by atoms with Crippen LogP contribution >= 0.6 is 24.0 Å². The van der Waals surface area contributed by atoms with Gasteiger partial charge in [-0.15, -0.1) is 24.0 Å². The van der Waals surface area contributed by atoms with E-state index in [1.807, 2.05) is 20.0 Å². The average molecular weight is 482 g/mol. The van der Waals surface area contributed by atoms with Gasteiger partial charge in [0.1, 0.15) is 11.5 Å². The molecule has 1 fully saturated rings. The number of aliphatic imine (C=N–C) groups is 1. The van der Waals surface area contributed by atoms with Crippen LogP contribution in [0.2, 0.25) is 0 Å². The zero-order valence-corrected chi connectivity index (χ0v) is 18.8. The van der Waals surface area contributed by atoms with Gasteiger partial charge in [0.15, 0.2) is 5.96 Å². The number of furan rings is 1. The maximum Gasteiger partial charge on any atom is 0.191 e. The number of halogens is 1. The number of nitrogens with one attached hydrogen (secondary N) is 2. The Hall–Kier alpha value is -1.54. The summed E-state index contributed by atoms with van der Waals surface area (Å²) in [5.41, 5.74) is 2.53. The molecule has 0 aliphatic carbocycles. The molecule has 0 radical (unpaired) electrons. The van der Waals surface area contributed by atoms with Crippen LogP contribution < -0.4 is 10.6 Å². The van der Waals surface area contributed by atoms with Gasteiger partial charge in [-0.3, -0.25) is 9.89 Å². The van der Waals surface area contributed by atoms with Crippen molar-refractivity contribution in [2.75, 3.05) is 26.7 Å². The summed E-state index contributed by atoms with van der Waals surface area (Å²) in [6, 6.07) is 12.9.